The Labute approximate surface area is 197 Å². The van der Waals surface area contributed by atoms with E-state index in [0.29, 0.717) is 17.1 Å². The van der Waals surface area contributed by atoms with Crippen LogP contribution in [0.5, 0.6) is 5.75 Å². The van der Waals surface area contributed by atoms with E-state index in [1.165, 1.54) is 0 Å². The van der Waals surface area contributed by atoms with Crippen molar-refractivity contribution < 1.29 is 29.6 Å². The molecule has 9 heteroatoms. The second-order valence-corrected chi connectivity index (χ2v) is 7.91. The molecule has 9 nitrogen and oxygen atoms in total. The lowest BCUT2D eigenvalue weighted by Gasteiger charge is -2.30. The smallest absolute Gasteiger partial charge is 0.407 e. The highest BCUT2D eigenvalue weighted by molar-refractivity contribution is 6.03. The van der Waals surface area contributed by atoms with Gasteiger partial charge in [-0.25, -0.2) is 4.79 Å². The Bertz CT molecular complexity index is 1070. The standard InChI is InChI=1S/C25H29N3O6/c1-27-13-5-8-23(27)24(31)26-19-11-9-18(10-12-19)14-20(16-29)28(25(32)33)15-21(30)17-34-22-6-3-2-4-7-22/h2-13,20-21,29-30H,14-17H2,1H3,(H,26,31)(H,32,33)/t20-,21-/m0/s1. The predicted molar refractivity (Wildman–Crippen MR) is 127 cm³/mol. The summed E-state index contributed by atoms with van der Waals surface area (Å²) in [6, 6.07) is 18.6. The van der Waals surface area contributed by atoms with Crippen molar-refractivity contribution in [2.45, 2.75) is 18.6 Å². The minimum atomic E-state index is -1.25. The molecule has 0 fully saturated rings. The SMILES string of the molecule is Cn1cccc1C(=O)Nc1ccc(C[C@@H](CO)N(C[C@H](O)COc2ccccc2)C(=O)O)cc1. The molecule has 4 N–H and O–H groups in total. The van der Waals surface area contributed by atoms with Crippen LogP contribution in [0.1, 0.15) is 16.1 Å². The minimum Gasteiger partial charge on any atom is -0.491 e. The number of aryl methyl sites for hydroxylation is 1. The Kier molecular flexibility index (Phi) is 8.66. The molecule has 2 aromatic carbocycles. The van der Waals surface area contributed by atoms with Gasteiger partial charge in [-0.15, -0.1) is 0 Å². The van der Waals surface area contributed by atoms with Crippen molar-refractivity contribution in [3.05, 3.63) is 84.2 Å². The Balaban J connectivity index is 1.58. The van der Waals surface area contributed by atoms with Gasteiger partial charge in [-0.1, -0.05) is 30.3 Å². The zero-order valence-corrected chi connectivity index (χ0v) is 18.9. The number of aromatic nitrogens is 1. The van der Waals surface area contributed by atoms with Gasteiger partial charge >= 0.3 is 6.09 Å². The summed E-state index contributed by atoms with van der Waals surface area (Å²) < 4.78 is 7.21. The number of anilines is 1. The average Bonchev–Trinajstić information content (AvgIpc) is 3.27. The second kappa shape index (κ2) is 11.9. The number of ether oxygens (including phenoxy) is 1. The van der Waals surface area contributed by atoms with Crippen LogP contribution in [0.25, 0.3) is 0 Å². The third kappa shape index (κ3) is 6.84. The maximum Gasteiger partial charge on any atom is 0.407 e. The summed E-state index contributed by atoms with van der Waals surface area (Å²) in [7, 11) is 1.78. The van der Waals surface area contributed by atoms with Crippen LogP contribution in [0, 0.1) is 0 Å². The topological polar surface area (TPSA) is 124 Å². The van der Waals surface area contributed by atoms with Crippen LogP contribution in [0.15, 0.2) is 72.9 Å². The molecule has 3 rings (SSSR count). The van der Waals surface area contributed by atoms with Crippen molar-refractivity contribution in [2.75, 3.05) is 25.1 Å². The minimum absolute atomic E-state index is 0.0819. The van der Waals surface area contributed by atoms with E-state index in [2.05, 4.69) is 5.32 Å². The summed E-state index contributed by atoms with van der Waals surface area (Å²) in [5, 5.41) is 32.6. The molecule has 2 atom stereocenters. The van der Waals surface area contributed by atoms with Gasteiger partial charge in [0.1, 0.15) is 24.2 Å². The van der Waals surface area contributed by atoms with E-state index in [1.807, 2.05) is 6.07 Å². The Morgan fingerprint density at radius 2 is 1.76 bits per heavy atom. The number of hydrogen-bond donors (Lipinski definition) is 4. The fourth-order valence-corrected chi connectivity index (χ4v) is 3.53. The lowest BCUT2D eigenvalue weighted by Crippen LogP contribution is -2.48. The van der Waals surface area contributed by atoms with Crippen LogP contribution in [-0.2, 0) is 13.5 Å². The van der Waals surface area contributed by atoms with Crippen LogP contribution in [0.4, 0.5) is 10.5 Å². The number of nitrogens with one attached hydrogen (secondary N) is 1. The normalized spacial score (nSPS) is 12.6. The average molecular weight is 468 g/mol. The van der Waals surface area contributed by atoms with E-state index in [4.69, 9.17) is 4.74 Å². The maximum absolute atomic E-state index is 12.3. The van der Waals surface area contributed by atoms with Crippen molar-refractivity contribution in [1.29, 1.82) is 0 Å². The van der Waals surface area contributed by atoms with Gasteiger partial charge in [-0.3, -0.25) is 4.79 Å². The molecule has 1 aromatic heterocycles. The highest BCUT2D eigenvalue weighted by Gasteiger charge is 2.26. The quantitative estimate of drug-likeness (QED) is 0.344. The molecular formula is C25H29N3O6. The lowest BCUT2D eigenvalue weighted by atomic mass is 10.0. The monoisotopic (exact) mass is 467 g/mol. The largest absolute Gasteiger partial charge is 0.491 e. The van der Waals surface area contributed by atoms with E-state index >= 15 is 0 Å². The number of carbonyl (C=O) groups is 2. The van der Waals surface area contributed by atoms with Crippen molar-refractivity contribution in [2.24, 2.45) is 7.05 Å². The number of benzene rings is 2. The molecule has 0 spiro atoms. The lowest BCUT2D eigenvalue weighted by molar-refractivity contribution is 0.0388. The first-order valence-electron chi connectivity index (χ1n) is 10.9. The molecule has 0 bridgehead atoms. The molecular weight excluding hydrogens is 438 g/mol. The summed E-state index contributed by atoms with van der Waals surface area (Å²) in [6.45, 7) is -0.704. The number of amides is 2. The predicted octanol–water partition coefficient (Wildman–Crippen LogP) is 2.60. The van der Waals surface area contributed by atoms with Gasteiger partial charge in [0.25, 0.3) is 5.91 Å². The Morgan fingerprint density at radius 1 is 1.06 bits per heavy atom. The molecule has 2 amide bonds. The van der Waals surface area contributed by atoms with E-state index in [-0.39, 0.29) is 25.5 Å². The Hall–Kier alpha value is -3.82. The van der Waals surface area contributed by atoms with Crippen molar-refractivity contribution >= 4 is 17.7 Å². The Morgan fingerprint density at radius 3 is 2.35 bits per heavy atom. The second-order valence-electron chi connectivity index (χ2n) is 7.91. The number of hydrogen-bond acceptors (Lipinski definition) is 5. The van der Waals surface area contributed by atoms with Crippen LogP contribution >= 0.6 is 0 Å². The number of carboxylic acid groups (broad SMARTS) is 1. The molecule has 0 unspecified atom stereocenters. The van der Waals surface area contributed by atoms with Gasteiger partial charge in [-0.05, 0) is 48.4 Å². The van der Waals surface area contributed by atoms with Gasteiger partial charge in [-0.2, -0.15) is 0 Å². The first-order chi connectivity index (χ1) is 16.4. The molecule has 0 aliphatic heterocycles. The fourth-order valence-electron chi connectivity index (χ4n) is 3.53. The van der Waals surface area contributed by atoms with Crippen LogP contribution in [0.3, 0.4) is 0 Å². The zero-order valence-electron chi connectivity index (χ0n) is 18.9. The molecule has 180 valence electrons. The summed E-state index contributed by atoms with van der Waals surface area (Å²) >= 11 is 0. The summed E-state index contributed by atoms with van der Waals surface area (Å²) in [4.78, 5) is 25.2. The molecule has 0 aliphatic carbocycles. The summed E-state index contributed by atoms with van der Waals surface area (Å²) in [5.41, 5.74) is 1.90. The third-order valence-electron chi connectivity index (χ3n) is 5.35. The van der Waals surface area contributed by atoms with E-state index in [0.717, 1.165) is 10.5 Å². The summed E-state index contributed by atoms with van der Waals surface area (Å²) in [6.07, 6.45) is -0.294. The first-order valence-corrected chi connectivity index (χ1v) is 10.9. The zero-order chi connectivity index (χ0) is 24.5. The molecule has 34 heavy (non-hydrogen) atoms. The van der Waals surface area contributed by atoms with E-state index < -0.39 is 24.8 Å². The number of para-hydroxylation sites is 1. The van der Waals surface area contributed by atoms with Crippen molar-refractivity contribution in [3.8, 4) is 5.75 Å². The van der Waals surface area contributed by atoms with Gasteiger partial charge in [0.15, 0.2) is 0 Å². The molecule has 0 aliphatic rings. The molecule has 3 aromatic rings. The van der Waals surface area contributed by atoms with E-state index in [9.17, 15) is 24.9 Å². The number of nitrogens with zero attached hydrogens (tertiary/aromatic N) is 2. The van der Waals surface area contributed by atoms with Crippen LogP contribution in [-0.4, -0.2) is 68.7 Å². The molecule has 0 radical (unpaired) electrons. The van der Waals surface area contributed by atoms with E-state index in [1.54, 1.807) is 78.5 Å². The maximum atomic E-state index is 12.3. The first kappa shape index (κ1) is 24.8. The van der Waals surface area contributed by atoms with Gasteiger partial charge < -0.3 is 34.8 Å². The molecule has 0 saturated heterocycles. The van der Waals surface area contributed by atoms with Gasteiger partial charge in [0.2, 0.25) is 0 Å². The van der Waals surface area contributed by atoms with Gasteiger partial charge in [0.05, 0.1) is 19.2 Å². The van der Waals surface area contributed by atoms with Crippen LogP contribution < -0.4 is 10.1 Å². The van der Waals surface area contributed by atoms with Crippen LogP contribution in [0.2, 0.25) is 0 Å². The number of carbonyl (C=O) groups excluding carboxylic acids is 1. The number of aliphatic hydroxyl groups is 2. The third-order valence-corrected chi connectivity index (χ3v) is 5.35. The van der Waals surface area contributed by atoms with Crippen molar-refractivity contribution in [1.82, 2.24) is 9.47 Å². The fraction of sp³-hybridized carbons (Fsp3) is 0.280. The molecule has 1 heterocycles. The van der Waals surface area contributed by atoms with Gasteiger partial charge in [0, 0.05) is 18.9 Å². The van der Waals surface area contributed by atoms with Crippen molar-refractivity contribution in [3.63, 3.8) is 0 Å². The number of aliphatic hydroxyl groups excluding tert-OH is 2. The molecule has 0 saturated carbocycles. The highest BCUT2D eigenvalue weighted by Crippen LogP contribution is 2.16. The summed E-state index contributed by atoms with van der Waals surface area (Å²) in [5.74, 6) is 0.332. The highest BCUT2D eigenvalue weighted by atomic mass is 16.5. The number of rotatable bonds is 11.